The van der Waals surface area contributed by atoms with E-state index in [0.29, 0.717) is 5.92 Å². The molecule has 5 aliphatic rings. The lowest BCUT2D eigenvalue weighted by Gasteiger charge is -2.46. The Morgan fingerprint density at radius 3 is 2.90 bits per heavy atom. The third-order valence-electron chi connectivity index (χ3n) is 6.00. The Labute approximate surface area is 126 Å². The zero-order chi connectivity index (χ0) is 14.8. The highest BCUT2D eigenvalue weighted by Crippen LogP contribution is 2.56. The molecule has 0 radical (unpaired) electrons. The Morgan fingerprint density at radius 2 is 2.10 bits per heavy atom. The van der Waals surface area contributed by atoms with Crippen LogP contribution in [0.25, 0.3) is 0 Å². The van der Waals surface area contributed by atoms with Crippen LogP contribution in [0, 0.1) is 23.7 Å². The van der Waals surface area contributed by atoms with Crippen molar-refractivity contribution < 1.29 is 10.2 Å². The SMILES string of the molecule is CC1=CC2C(C=C1)C1CCC2(O)C2=CCC(C)C=C2C1O. The molecule has 0 amide bonds. The van der Waals surface area contributed by atoms with Gasteiger partial charge in [0.15, 0.2) is 0 Å². The van der Waals surface area contributed by atoms with Gasteiger partial charge in [0.25, 0.3) is 0 Å². The summed E-state index contributed by atoms with van der Waals surface area (Å²) < 4.78 is 0. The molecule has 0 heterocycles. The summed E-state index contributed by atoms with van der Waals surface area (Å²) in [6.07, 6.45) is 13.2. The highest BCUT2D eigenvalue weighted by Gasteiger charge is 2.56. The van der Waals surface area contributed by atoms with E-state index in [1.165, 1.54) is 5.57 Å². The number of hydrogen-bond acceptors (Lipinski definition) is 2. The fraction of sp³-hybridized carbons (Fsp3) is 0.579. The molecular formula is C19H24O2. The van der Waals surface area contributed by atoms with Crippen molar-refractivity contribution >= 4 is 0 Å². The molecule has 0 aromatic rings. The van der Waals surface area contributed by atoms with Gasteiger partial charge in [0.2, 0.25) is 0 Å². The van der Waals surface area contributed by atoms with E-state index in [1.54, 1.807) is 0 Å². The molecule has 3 saturated carbocycles. The molecule has 2 bridgehead atoms. The van der Waals surface area contributed by atoms with E-state index in [4.69, 9.17) is 0 Å². The van der Waals surface area contributed by atoms with Gasteiger partial charge in [-0.15, -0.1) is 0 Å². The van der Waals surface area contributed by atoms with E-state index in [0.717, 1.165) is 30.4 Å². The maximum absolute atomic E-state index is 11.5. The van der Waals surface area contributed by atoms with Gasteiger partial charge in [0.1, 0.15) is 0 Å². The van der Waals surface area contributed by atoms with Gasteiger partial charge in [-0.1, -0.05) is 42.9 Å². The zero-order valence-electron chi connectivity index (χ0n) is 12.8. The first-order chi connectivity index (χ1) is 10.0. The number of aliphatic hydroxyl groups is 2. The molecule has 6 atom stereocenters. The maximum Gasteiger partial charge on any atom is 0.0965 e. The number of allylic oxidation sites excluding steroid dienone is 5. The summed E-state index contributed by atoms with van der Waals surface area (Å²) in [4.78, 5) is 0. The Kier molecular flexibility index (Phi) is 2.86. The van der Waals surface area contributed by atoms with Gasteiger partial charge >= 0.3 is 0 Å². The molecule has 0 aromatic heterocycles. The van der Waals surface area contributed by atoms with E-state index < -0.39 is 11.7 Å². The highest BCUT2D eigenvalue weighted by atomic mass is 16.3. The van der Waals surface area contributed by atoms with Crippen LogP contribution < -0.4 is 0 Å². The molecule has 3 fully saturated rings. The fourth-order valence-corrected chi connectivity index (χ4v) is 4.93. The minimum Gasteiger partial charge on any atom is -0.388 e. The van der Waals surface area contributed by atoms with Crippen molar-refractivity contribution in [3.63, 3.8) is 0 Å². The van der Waals surface area contributed by atoms with Crippen LogP contribution in [-0.4, -0.2) is 21.9 Å². The maximum atomic E-state index is 11.5. The van der Waals surface area contributed by atoms with Crippen molar-refractivity contribution in [2.75, 3.05) is 0 Å². The summed E-state index contributed by atoms with van der Waals surface area (Å²) in [5.41, 5.74) is 2.45. The normalized spacial score (nSPS) is 47.8. The van der Waals surface area contributed by atoms with Crippen LogP contribution in [-0.2, 0) is 0 Å². The molecule has 0 aliphatic heterocycles. The van der Waals surface area contributed by atoms with Crippen molar-refractivity contribution in [3.8, 4) is 0 Å². The summed E-state index contributed by atoms with van der Waals surface area (Å²) in [6.45, 7) is 4.28. The molecule has 2 heteroatoms. The van der Waals surface area contributed by atoms with Crippen LogP contribution in [0.2, 0.25) is 0 Å². The van der Waals surface area contributed by atoms with Crippen LogP contribution in [0.15, 0.2) is 47.1 Å². The molecule has 2 N–H and O–H groups in total. The lowest BCUT2D eigenvalue weighted by Crippen LogP contribution is -2.47. The Morgan fingerprint density at radius 1 is 1.29 bits per heavy atom. The monoisotopic (exact) mass is 284 g/mol. The summed E-state index contributed by atoms with van der Waals surface area (Å²) in [5, 5.41) is 22.4. The van der Waals surface area contributed by atoms with Crippen LogP contribution in [0.5, 0.6) is 0 Å². The number of rotatable bonds is 0. The van der Waals surface area contributed by atoms with Gasteiger partial charge in [0.05, 0.1) is 11.7 Å². The van der Waals surface area contributed by atoms with E-state index in [9.17, 15) is 10.2 Å². The number of hydrogen-bond donors (Lipinski definition) is 2. The first-order valence-electron chi connectivity index (χ1n) is 8.20. The lowest BCUT2D eigenvalue weighted by atomic mass is 9.62. The molecule has 5 aliphatic carbocycles. The second-order valence-electron chi connectivity index (χ2n) is 7.40. The van der Waals surface area contributed by atoms with Crippen molar-refractivity contribution in [1.29, 1.82) is 0 Å². The van der Waals surface area contributed by atoms with Crippen LogP contribution in [0.3, 0.4) is 0 Å². The van der Waals surface area contributed by atoms with E-state index in [2.05, 4.69) is 44.2 Å². The quantitative estimate of drug-likeness (QED) is 0.717. The Hall–Kier alpha value is -1.12. The summed E-state index contributed by atoms with van der Waals surface area (Å²) >= 11 is 0. The lowest BCUT2D eigenvalue weighted by molar-refractivity contribution is -0.0354. The van der Waals surface area contributed by atoms with Crippen LogP contribution in [0.1, 0.15) is 33.1 Å². The van der Waals surface area contributed by atoms with Gasteiger partial charge in [-0.25, -0.2) is 0 Å². The van der Waals surface area contributed by atoms with E-state index in [1.807, 2.05) is 0 Å². The molecule has 6 unspecified atom stereocenters. The van der Waals surface area contributed by atoms with Gasteiger partial charge in [-0.2, -0.15) is 0 Å². The van der Waals surface area contributed by atoms with Crippen molar-refractivity contribution in [2.45, 2.75) is 44.8 Å². The predicted octanol–water partition coefficient (Wildman–Crippen LogP) is 3.14. The summed E-state index contributed by atoms with van der Waals surface area (Å²) in [5.74, 6) is 1.05. The average Bonchev–Trinajstić information content (AvgIpc) is 2.61. The molecular weight excluding hydrogens is 260 g/mol. The first kappa shape index (κ1) is 13.5. The molecule has 0 spiro atoms. The van der Waals surface area contributed by atoms with Crippen LogP contribution in [0.4, 0.5) is 0 Å². The molecule has 21 heavy (non-hydrogen) atoms. The zero-order valence-corrected chi connectivity index (χ0v) is 12.8. The second-order valence-corrected chi connectivity index (χ2v) is 7.40. The molecule has 0 aromatic carbocycles. The minimum atomic E-state index is -0.795. The first-order valence-corrected chi connectivity index (χ1v) is 8.20. The largest absolute Gasteiger partial charge is 0.388 e. The standard InChI is InChI=1S/C19H24O2/c1-11-4-6-16-15(9-11)18(20)14-7-8-19(16,21)17-10-12(2)3-5-13(14)17/h3,5-6,9-11,13-14,17-18,20-21H,4,7-8H2,1-2H3. The minimum absolute atomic E-state index is 0.112. The highest BCUT2D eigenvalue weighted by molar-refractivity contribution is 5.50. The van der Waals surface area contributed by atoms with E-state index in [-0.39, 0.29) is 17.8 Å². The smallest absolute Gasteiger partial charge is 0.0965 e. The van der Waals surface area contributed by atoms with Crippen molar-refractivity contribution in [1.82, 2.24) is 0 Å². The molecule has 112 valence electrons. The number of aliphatic hydroxyl groups excluding tert-OH is 1. The summed E-state index contributed by atoms with van der Waals surface area (Å²) in [6, 6.07) is 0. The Bertz CT molecular complexity index is 595. The number of fused-ring (bicyclic) bond motifs is 1. The fourth-order valence-electron chi connectivity index (χ4n) is 4.93. The average molecular weight is 284 g/mol. The van der Waals surface area contributed by atoms with Gasteiger partial charge in [-0.05, 0) is 55.1 Å². The Balaban J connectivity index is 1.91. The summed E-state index contributed by atoms with van der Waals surface area (Å²) in [7, 11) is 0. The van der Waals surface area contributed by atoms with Crippen molar-refractivity contribution in [2.24, 2.45) is 23.7 Å². The molecule has 0 saturated heterocycles. The van der Waals surface area contributed by atoms with Gasteiger partial charge in [0, 0.05) is 5.92 Å². The predicted molar refractivity (Wildman–Crippen MR) is 83.5 cm³/mol. The third-order valence-corrected chi connectivity index (χ3v) is 6.00. The van der Waals surface area contributed by atoms with E-state index >= 15 is 0 Å². The van der Waals surface area contributed by atoms with Crippen LogP contribution >= 0.6 is 0 Å². The topological polar surface area (TPSA) is 40.5 Å². The van der Waals surface area contributed by atoms with Crippen molar-refractivity contribution in [3.05, 3.63) is 47.1 Å². The van der Waals surface area contributed by atoms with Gasteiger partial charge in [-0.3, -0.25) is 0 Å². The molecule has 2 nitrogen and oxygen atoms in total. The third kappa shape index (κ3) is 1.79. The molecule has 5 rings (SSSR count). The second kappa shape index (κ2) is 4.44. The van der Waals surface area contributed by atoms with Gasteiger partial charge < -0.3 is 10.2 Å².